The van der Waals surface area contributed by atoms with E-state index in [4.69, 9.17) is 24.2 Å². The highest BCUT2D eigenvalue weighted by atomic mass is 28.4. The van der Waals surface area contributed by atoms with Gasteiger partial charge in [0.2, 0.25) is 5.78 Å². The second kappa shape index (κ2) is 13.8. The van der Waals surface area contributed by atoms with Gasteiger partial charge in [-0.3, -0.25) is 9.59 Å². The number of nitrogens with one attached hydrogen (secondary N) is 1. The van der Waals surface area contributed by atoms with Crippen LogP contribution in [0.3, 0.4) is 0 Å². The Morgan fingerprint density at radius 2 is 1.67 bits per heavy atom. The van der Waals surface area contributed by atoms with Crippen LogP contribution in [0.25, 0.3) is 0 Å². The molecule has 1 fully saturated rings. The molecular formula is C43H48FN3O7Si. The van der Waals surface area contributed by atoms with Crippen LogP contribution < -0.4 is 20.5 Å². The molecule has 4 aromatic rings. The first kappa shape index (κ1) is 37.3. The highest BCUT2D eigenvalue weighted by molar-refractivity contribution is 6.74. The normalized spacial score (nSPS) is 24.9. The van der Waals surface area contributed by atoms with Crippen molar-refractivity contribution < 1.29 is 37.5 Å². The van der Waals surface area contributed by atoms with Gasteiger partial charge in [-0.05, 0) is 78.6 Å². The zero-order valence-electron chi connectivity index (χ0n) is 31.9. The summed E-state index contributed by atoms with van der Waals surface area (Å²) in [4.78, 5) is 30.3. The molecule has 2 heterocycles. The monoisotopic (exact) mass is 765 g/mol. The van der Waals surface area contributed by atoms with Crippen LogP contribution in [-0.2, 0) is 24.1 Å². The number of ketones is 2. The Morgan fingerprint density at radius 3 is 2.29 bits per heavy atom. The molecular weight excluding hydrogens is 718 g/mol. The van der Waals surface area contributed by atoms with Gasteiger partial charge in [0.25, 0.3) is 5.88 Å². The standard InChI is InChI=1S/C43H48FN3O7Si/c1-42(2,3)55(4,5)54-43-29(36(45)38-34(40(43)50)41(47-53-38)52-23-25-15-10-7-11-16-25)20-26-19-28-33(37(48)32(26)39(43)49)31(51-22-24-13-8-6-9-14-24)21-27(35(28)44)30-17-12-18-46-30/h6-11,13-16,21,26,29-30,36,46,49H,12,17-20,22-23,45H2,1-5H3/t26-,29-,30?,36-,43?/m0/s1. The smallest absolute Gasteiger partial charge is 0.265 e. The SMILES string of the molecule is CC(C)(C)[Si](C)(C)OC12C(=O)c3c(OCc4ccccc4)noc3[C@@H](N)[C@@H]1C[C@@H]1Cc3c(F)c(C4CCCN4)cc(OCc4ccccc4)c3C(=O)C1=C2O. The Balaban J connectivity index is 1.28. The second-order valence-corrected chi connectivity index (χ2v) is 21.6. The predicted octanol–water partition coefficient (Wildman–Crippen LogP) is 8.24. The summed E-state index contributed by atoms with van der Waals surface area (Å²) in [6, 6.07) is 19.4. The summed E-state index contributed by atoms with van der Waals surface area (Å²) in [6.07, 6.45) is 1.89. The van der Waals surface area contributed by atoms with E-state index in [1.54, 1.807) is 6.07 Å². The molecule has 288 valence electrons. The number of aliphatic hydroxyl groups is 1. The van der Waals surface area contributed by atoms with Crippen molar-refractivity contribution in [1.29, 1.82) is 0 Å². The molecule has 0 amide bonds. The van der Waals surface area contributed by atoms with E-state index in [-0.39, 0.29) is 71.8 Å². The number of nitrogens with zero attached hydrogens (tertiary/aromatic N) is 1. The molecule has 1 aromatic heterocycles. The van der Waals surface area contributed by atoms with Crippen LogP contribution in [0.1, 0.15) is 101 Å². The van der Waals surface area contributed by atoms with Gasteiger partial charge >= 0.3 is 0 Å². The number of aliphatic hydroxyl groups excluding tert-OH is 1. The molecule has 10 nitrogen and oxygen atoms in total. The average Bonchev–Trinajstić information content (AvgIpc) is 3.85. The number of allylic oxidation sites excluding steroid dienone is 1. The Kier molecular flexibility index (Phi) is 9.39. The maximum absolute atomic E-state index is 16.8. The quantitative estimate of drug-likeness (QED) is 0.142. The van der Waals surface area contributed by atoms with E-state index in [1.807, 2.05) is 94.5 Å². The number of rotatable bonds is 9. The lowest BCUT2D eigenvalue weighted by atomic mass is 9.59. The van der Waals surface area contributed by atoms with E-state index in [9.17, 15) is 5.11 Å². The van der Waals surface area contributed by atoms with Crippen molar-refractivity contribution in [2.45, 2.75) is 95.5 Å². The lowest BCUT2D eigenvalue weighted by Crippen LogP contribution is -2.64. The third-order valence-electron chi connectivity index (χ3n) is 12.5. The van der Waals surface area contributed by atoms with Gasteiger partial charge in [-0.25, -0.2) is 4.39 Å². The minimum atomic E-state index is -2.92. The molecule has 8 rings (SSSR count). The summed E-state index contributed by atoms with van der Waals surface area (Å²) in [6.45, 7) is 11.1. The van der Waals surface area contributed by atoms with E-state index >= 15 is 14.0 Å². The fraction of sp³-hybridized carbons (Fsp3) is 0.419. The predicted molar refractivity (Wildman–Crippen MR) is 206 cm³/mol. The van der Waals surface area contributed by atoms with Crippen molar-refractivity contribution in [2.75, 3.05) is 6.54 Å². The fourth-order valence-electron chi connectivity index (χ4n) is 8.54. The van der Waals surface area contributed by atoms with E-state index in [0.29, 0.717) is 5.56 Å². The van der Waals surface area contributed by atoms with Gasteiger partial charge in [-0.15, -0.1) is 0 Å². The van der Waals surface area contributed by atoms with Crippen LogP contribution in [0.4, 0.5) is 4.39 Å². The number of nitrogens with two attached hydrogens (primary N) is 1. The maximum atomic E-state index is 16.8. The minimum Gasteiger partial charge on any atom is -0.508 e. The van der Waals surface area contributed by atoms with E-state index in [1.165, 1.54) is 0 Å². The number of Topliss-reactive ketones (excluding diaryl/α,β-unsaturated/α-hetero) is 2. The van der Waals surface area contributed by atoms with Crippen molar-refractivity contribution in [3.05, 3.63) is 123 Å². The lowest BCUT2D eigenvalue weighted by Gasteiger charge is -2.53. The number of fused-ring (bicyclic) bond motifs is 4. The molecule has 4 N–H and O–H groups in total. The van der Waals surface area contributed by atoms with Crippen molar-refractivity contribution in [1.82, 2.24) is 10.5 Å². The molecule has 55 heavy (non-hydrogen) atoms. The molecule has 0 saturated carbocycles. The molecule has 0 radical (unpaired) electrons. The molecule has 1 aliphatic heterocycles. The van der Waals surface area contributed by atoms with Gasteiger partial charge in [0, 0.05) is 28.7 Å². The molecule has 4 aliphatic rings. The number of carbonyl (C=O) groups is 2. The van der Waals surface area contributed by atoms with E-state index in [2.05, 4.69) is 10.5 Å². The Hall–Kier alpha value is -4.62. The Bertz CT molecular complexity index is 2180. The van der Waals surface area contributed by atoms with E-state index in [0.717, 1.165) is 30.5 Å². The van der Waals surface area contributed by atoms with Crippen LogP contribution in [0.5, 0.6) is 11.6 Å². The first-order chi connectivity index (χ1) is 26.2. The average molecular weight is 766 g/mol. The van der Waals surface area contributed by atoms with Gasteiger partial charge in [0.1, 0.15) is 36.1 Å². The first-order valence-corrected chi connectivity index (χ1v) is 22.0. The lowest BCUT2D eigenvalue weighted by molar-refractivity contribution is -0.0273. The number of hydrogen-bond donors (Lipinski definition) is 3. The Labute approximate surface area is 321 Å². The molecule has 2 unspecified atom stereocenters. The van der Waals surface area contributed by atoms with Gasteiger partial charge in [0.05, 0.1) is 11.6 Å². The highest BCUT2D eigenvalue weighted by Crippen LogP contribution is 2.58. The molecule has 3 aliphatic carbocycles. The number of halogens is 1. The topological polar surface area (TPSA) is 146 Å². The zero-order chi connectivity index (χ0) is 38.9. The minimum absolute atomic E-state index is 0.0146. The molecule has 3 aromatic carbocycles. The number of aromatic nitrogens is 1. The summed E-state index contributed by atoms with van der Waals surface area (Å²) in [5, 5.41) is 19.9. The fourth-order valence-corrected chi connectivity index (χ4v) is 9.99. The number of ether oxygens (including phenoxy) is 2. The summed E-state index contributed by atoms with van der Waals surface area (Å²) >= 11 is 0. The van der Waals surface area contributed by atoms with Crippen molar-refractivity contribution in [3.8, 4) is 11.6 Å². The molecule has 1 saturated heterocycles. The maximum Gasteiger partial charge on any atom is 0.265 e. The number of hydrogen-bond acceptors (Lipinski definition) is 10. The van der Waals surface area contributed by atoms with Gasteiger partial charge in [0.15, 0.2) is 25.5 Å². The Morgan fingerprint density at radius 1 is 1.02 bits per heavy atom. The van der Waals surface area contributed by atoms with Crippen LogP contribution in [-0.4, -0.2) is 42.3 Å². The third kappa shape index (κ3) is 6.14. The summed E-state index contributed by atoms with van der Waals surface area (Å²) < 4.78 is 42.1. The van der Waals surface area contributed by atoms with Crippen LogP contribution in [0, 0.1) is 17.7 Å². The molecule has 12 heteroatoms. The molecule has 5 atom stereocenters. The summed E-state index contributed by atoms with van der Waals surface area (Å²) in [5.74, 6) is -3.40. The summed E-state index contributed by atoms with van der Waals surface area (Å²) in [7, 11) is -2.92. The van der Waals surface area contributed by atoms with Crippen LogP contribution in [0.2, 0.25) is 18.1 Å². The van der Waals surface area contributed by atoms with Crippen LogP contribution >= 0.6 is 0 Å². The van der Waals surface area contributed by atoms with Gasteiger partial charge < -0.3 is 34.6 Å². The molecule has 0 bridgehead atoms. The van der Waals surface area contributed by atoms with Crippen molar-refractivity contribution >= 4 is 19.9 Å². The van der Waals surface area contributed by atoms with Crippen LogP contribution in [0.15, 0.2) is 82.6 Å². The second-order valence-electron chi connectivity index (χ2n) is 16.8. The summed E-state index contributed by atoms with van der Waals surface area (Å²) in [5.41, 5.74) is 7.46. The number of benzene rings is 3. The largest absolute Gasteiger partial charge is 0.508 e. The number of carbonyl (C=O) groups excluding carboxylic acids is 2. The van der Waals surface area contributed by atoms with Gasteiger partial charge in [-0.1, -0.05) is 81.4 Å². The highest BCUT2D eigenvalue weighted by Gasteiger charge is 2.66. The van der Waals surface area contributed by atoms with Gasteiger partial charge in [-0.2, -0.15) is 0 Å². The van der Waals surface area contributed by atoms with Crippen molar-refractivity contribution in [2.24, 2.45) is 17.6 Å². The van der Waals surface area contributed by atoms with Crippen molar-refractivity contribution in [3.63, 3.8) is 0 Å². The zero-order valence-corrected chi connectivity index (χ0v) is 32.9. The third-order valence-corrected chi connectivity index (χ3v) is 16.9. The van der Waals surface area contributed by atoms with E-state index < -0.39 is 60.0 Å². The first-order valence-electron chi connectivity index (χ1n) is 19.1. The molecule has 0 spiro atoms.